The summed E-state index contributed by atoms with van der Waals surface area (Å²) in [6.07, 6.45) is 4.54. The molecule has 1 unspecified atom stereocenters. The SMILES string of the molecule is CCCNc1nc(NC(C)C2CC2)nc(OCCC)n1. The van der Waals surface area contributed by atoms with Gasteiger partial charge in [0.15, 0.2) is 0 Å². The zero-order valence-electron chi connectivity index (χ0n) is 12.6. The van der Waals surface area contributed by atoms with Gasteiger partial charge in [-0.1, -0.05) is 13.8 Å². The molecule has 0 bridgehead atoms. The second-order valence-corrected chi connectivity index (χ2v) is 5.31. The molecule has 1 atom stereocenters. The van der Waals surface area contributed by atoms with Crippen LogP contribution in [0.4, 0.5) is 11.9 Å². The van der Waals surface area contributed by atoms with E-state index in [9.17, 15) is 0 Å². The van der Waals surface area contributed by atoms with Crippen molar-refractivity contribution in [1.82, 2.24) is 15.0 Å². The lowest BCUT2D eigenvalue weighted by Crippen LogP contribution is -2.20. The van der Waals surface area contributed by atoms with Gasteiger partial charge in [0.25, 0.3) is 0 Å². The van der Waals surface area contributed by atoms with Crippen LogP contribution in [0.2, 0.25) is 0 Å². The van der Waals surface area contributed by atoms with Gasteiger partial charge in [-0.15, -0.1) is 0 Å². The van der Waals surface area contributed by atoms with Crippen LogP contribution < -0.4 is 15.4 Å². The quantitative estimate of drug-likeness (QED) is 0.724. The maximum absolute atomic E-state index is 5.53. The zero-order chi connectivity index (χ0) is 14.4. The molecular formula is C14H25N5O. The Morgan fingerprint density at radius 1 is 1.15 bits per heavy atom. The molecule has 1 heterocycles. The minimum absolute atomic E-state index is 0.394. The Morgan fingerprint density at radius 3 is 2.55 bits per heavy atom. The molecule has 2 N–H and O–H groups in total. The molecule has 0 radical (unpaired) electrons. The van der Waals surface area contributed by atoms with E-state index in [-0.39, 0.29) is 0 Å². The van der Waals surface area contributed by atoms with Crippen LogP contribution in [-0.4, -0.2) is 34.1 Å². The first-order valence-corrected chi connectivity index (χ1v) is 7.62. The Bertz CT molecular complexity index is 396. The number of nitrogens with one attached hydrogen (secondary N) is 2. The van der Waals surface area contributed by atoms with E-state index in [0.717, 1.165) is 25.3 Å². The topological polar surface area (TPSA) is 72.0 Å². The number of nitrogens with zero attached hydrogens (tertiary/aromatic N) is 3. The summed E-state index contributed by atoms with van der Waals surface area (Å²) in [6.45, 7) is 7.81. The lowest BCUT2D eigenvalue weighted by Gasteiger charge is -2.14. The zero-order valence-corrected chi connectivity index (χ0v) is 12.6. The number of hydrogen-bond acceptors (Lipinski definition) is 6. The summed E-state index contributed by atoms with van der Waals surface area (Å²) in [7, 11) is 0. The van der Waals surface area contributed by atoms with Crippen LogP contribution in [0.3, 0.4) is 0 Å². The average molecular weight is 279 g/mol. The molecule has 1 saturated carbocycles. The summed E-state index contributed by atoms with van der Waals surface area (Å²) >= 11 is 0. The molecule has 0 spiro atoms. The smallest absolute Gasteiger partial charge is 0.323 e. The third-order valence-electron chi connectivity index (χ3n) is 3.27. The van der Waals surface area contributed by atoms with E-state index >= 15 is 0 Å². The highest BCUT2D eigenvalue weighted by Gasteiger charge is 2.28. The van der Waals surface area contributed by atoms with Gasteiger partial charge in [-0.3, -0.25) is 0 Å². The van der Waals surface area contributed by atoms with E-state index in [1.54, 1.807) is 0 Å². The molecule has 0 amide bonds. The van der Waals surface area contributed by atoms with Gasteiger partial charge in [0.2, 0.25) is 11.9 Å². The standard InChI is InChI=1S/C14H25N5O/c1-4-8-15-12-17-13(16-10(3)11-6-7-11)19-14(18-12)20-9-5-2/h10-11H,4-9H2,1-3H3,(H2,15,16,17,18,19). The second-order valence-electron chi connectivity index (χ2n) is 5.31. The minimum atomic E-state index is 0.394. The molecule has 1 aliphatic rings. The van der Waals surface area contributed by atoms with E-state index in [4.69, 9.17) is 4.74 Å². The lowest BCUT2D eigenvalue weighted by molar-refractivity contribution is 0.292. The lowest BCUT2D eigenvalue weighted by atomic mass is 10.2. The Hall–Kier alpha value is -1.59. The molecular weight excluding hydrogens is 254 g/mol. The highest BCUT2D eigenvalue weighted by atomic mass is 16.5. The number of rotatable bonds is 9. The molecule has 6 nitrogen and oxygen atoms in total. The summed E-state index contributed by atoms with van der Waals surface area (Å²) in [4.78, 5) is 13.0. The van der Waals surface area contributed by atoms with Crippen LogP contribution in [0.5, 0.6) is 6.01 Å². The van der Waals surface area contributed by atoms with E-state index in [1.807, 2.05) is 0 Å². The minimum Gasteiger partial charge on any atom is -0.463 e. The Balaban J connectivity index is 2.06. The molecule has 6 heteroatoms. The van der Waals surface area contributed by atoms with Gasteiger partial charge < -0.3 is 15.4 Å². The molecule has 2 rings (SSSR count). The summed E-state index contributed by atoms with van der Waals surface area (Å²) < 4.78 is 5.53. The van der Waals surface area contributed by atoms with Crippen molar-refractivity contribution in [3.63, 3.8) is 0 Å². The van der Waals surface area contributed by atoms with Crippen molar-refractivity contribution < 1.29 is 4.74 Å². The number of anilines is 2. The molecule has 112 valence electrons. The molecule has 1 aromatic rings. The van der Waals surface area contributed by atoms with Gasteiger partial charge in [0.05, 0.1) is 6.61 Å². The predicted octanol–water partition coefficient (Wildman–Crippen LogP) is 2.69. The van der Waals surface area contributed by atoms with Gasteiger partial charge >= 0.3 is 6.01 Å². The van der Waals surface area contributed by atoms with E-state index in [2.05, 4.69) is 46.4 Å². The van der Waals surface area contributed by atoms with Crippen molar-refractivity contribution in [3.05, 3.63) is 0 Å². The number of hydrogen-bond donors (Lipinski definition) is 2. The van der Waals surface area contributed by atoms with Crippen LogP contribution in [0.25, 0.3) is 0 Å². The molecule has 1 fully saturated rings. The number of ether oxygens (including phenoxy) is 1. The molecule has 0 aliphatic heterocycles. The van der Waals surface area contributed by atoms with Crippen molar-refractivity contribution in [2.45, 2.75) is 52.5 Å². The summed E-state index contributed by atoms with van der Waals surface area (Å²) in [6, 6.07) is 0.793. The largest absolute Gasteiger partial charge is 0.463 e. The first-order valence-electron chi connectivity index (χ1n) is 7.62. The summed E-state index contributed by atoms with van der Waals surface area (Å²) in [5.41, 5.74) is 0. The molecule has 1 aliphatic carbocycles. The number of aromatic nitrogens is 3. The highest BCUT2D eigenvalue weighted by Crippen LogP contribution is 2.33. The van der Waals surface area contributed by atoms with Gasteiger partial charge in [-0.05, 0) is 38.5 Å². The first kappa shape index (κ1) is 14.8. The fraction of sp³-hybridized carbons (Fsp3) is 0.786. The van der Waals surface area contributed by atoms with Crippen molar-refractivity contribution in [3.8, 4) is 6.01 Å². The summed E-state index contributed by atoms with van der Waals surface area (Å²) in [5.74, 6) is 1.93. The van der Waals surface area contributed by atoms with Crippen LogP contribution >= 0.6 is 0 Å². The normalized spacial score (nSPS) is 15.8. The Labute approximate surface area is 120 Å². The Morgan fingerprint density at radius 2 is 1.90 bits per heavy atom. The van der Waals surface area contributed by atoms with Crippen LogP contribution in [-0.2, 0) is 0 Å². The first-order chi connectivity index (χ1) is 9.72. The van der Waals surface area contributed by atoms with Gasteiger partial charge in [-0.25, -0.2) is 0 Å². The fourth-order valence-electron chi connectivity index (χ4n) is 1.91. The average Bonchev–Trinajstić information content (AvgIpc) is 3.27. The van der Waals surface area contributed by atoms with Crippen molar-refractivity contribution in [2.24, 2.45) is 5.92 Å². The third kappa shape index (κ3) is 4.51. The van der Waals surface area contributed by atoms with Gasteiger partial charge in [0.1, 0.15) is 0 Å². The fourth-order valence-corrected chi connectivity index (χ4v) is 1.91. The predicted molar refractivity (Wildman–Crippen MR) is 80.2 cm³/mol. The molecule has 20 heavy (non-hydrogen) atoms. The van der Waals surface area contributed by atoms with E-state index in [1.165, 1.54) is 12.8 Å². The third-order valence-corrected chi connectivity index (χ3v) is 3.27. The maximum Gasteiger partial charge on any atom is 0.323 e. The van der Waals surface area contributed by atoms with Crippen molar-refractivity contribution in [2.75, 3.05) is 23.8 Å². The Kier molecular flexibility index (Phi) is 5.38. The van der Waals surface area contributed by atoms with Gasteiger partial charge in [-0.2, -0.15) is 15.0 Å². The van der Waals surface area contributed by atoms with Crippen molar-refractivity contribution in [1.29, 1.82) is 0 Å². The van der Waals surface area contributed by atoms with Crippen molar-refractivity contribution >= 4 is 11.9 Å². The monoisotopic (exact) mass is 279 g/mol. The molecule has 1 aromatic heterocycles. The van der Waals surface area contributed by atoms with Crippen LogP contribution in [0.15, 0.2) is 0 Å². The van der Waals surface area contributed by atoms with E-state index in [0.29, 0.717) is 30.6 Å². The summed E-state index contributed by atoms with van der Waals surface area (Å²) in [5, 5.41) is 6.54. The molecule has 0 saturated heterocycles. The highest BCUT2D eigenvalue weighted by molar-refractivity contribution is 5.36. The van der Waals surface area contributed by atoms with E-state index < -0.39 is 0 Å². The van der Waals surface area contributed by atoms with Gasteiger partial charge in [0, 0.05) is 12.6 Å². The maximum atomic E-state index is 5.53. The van der Waals surface area contributed by atoms with Crippen LogP contribution in [0, 0.1) is 5.92 Å². The second kappa shape index (κ2) is 7.26. The molecule has 0 aromatic carbocycles. The van der Waals surface area contributed by atoms with Crippen LogP contribution in [0.1, 0.15) is 46.5 Å².